The van der Waals surface area contributed by atoms with Crippen molar-refractivity contribution in [2.45, 2.75) is 40.2 Å². The third kappa shape index (κ3) is 9.63. The zero-order chi connectivity index (χ0) is 16.4. The first-order chi connectivity index (χ1) is 10.5. The molecule has 0 saturated carbocycles. The van der Waals surface area contributed by atoms with Gasteiger partial charge in [-0.05, 0) is 43.4 Å². The summed E-state index contributed by atoms with van der Waals surface area (Å²) in [6, 6.07) is 4.09. The van der Waals surface area contributed by atoms with Crippen LogP contribution in [0.25, 0.3) is 0 Å². The van der Waals surface area contributed by atoms with E-state index in [0.717, 1.165) is 36.3 Å². The largest absolute Gasteiger partial charge is 0.363 e. The molecule has 2 N–H and O–H groups in total. The lowest BCUT2D eigenvalue weighted by molar-refractivity contribution is 0.549. The van der Waals surface area contributed by atoms with Gasteiger partial charge in [-0.2, -0.15) is 0 Å². The van der Waals surface area contributed by atoms with E-state index in [9.17, 15) is 0 Å². The Morgan fingerprint density at radius 1 is 1.30 bits per heavy atom. The molecular weight excluding hydrogens is 401 g/mol. The van der Waals surface area contributed by atoms with E-state index in [1.807, 2.05) is 31.3 Å². The van der Waals surface area contributed by atoms with Gasteiger partial charge in [-0.3, -0.25) is 0 Å². The Morgan fingerprint density at radius 3 is 2.65 bits per heavy atom. The third-order valence-corrected chi connectivity index (χ3v) is 3.28. The first-order valence-corrected chi connectivity index (χ1v) is 8.17. The van der Waals surface area contributed by atoms with Gasteiger partial charge in [0.2, 0.25) is 0 Å². The Hall–Kier alpha value is -1.05. The van der Waals surface area contributed by atoms with Gasteiger partial charge in [-0.25, -0.2) is 9.98 Å². The third-order valence-electron chi connectivity index (χ3n) is 3.28. The SMILES string of the molecule is CCNC(=NCc1ccnc(N(C)C)c1)NCCCC(C)C.I. The van der Waals surface area contributed by atoms with Crippen LogP contribution in [0.5, 0.6) is 0 Å². The average Bonchev–Trinajstić information content (AvgIpc) is 2.49. The molecule has 0 unspecified atom stereocenters. The molecule has 0 aliphatic rings. The molecule has 0 spiro atoms. The number of anilines is 1. The van der Waals surface area contributed by atoms with Crippen molar-refractivity contribution in [3.63, 3.8) is 0 Å². The molecule has 0 aliphatic carbocycles. The van der Waals surface area contributed by atoms with Gasteiger partial charge in [0, 0.05) is 33.4 Å². The van der Waals surface area contributed by atoms with Crippen molar-refractivity contribution >= 4 is 35.8 Å². The smallest absolute Gasteiger partial charge is 0.191 e. The van der Waals surface area contributed by atoms with Crippen molar-refractivity contribution < 1.29 is 0 Å². The summed E-state index contributed by atoms with van der Waals surface area (Å²) in [6.07, 6.45) is 4.24. The fourth-order valence-electron chi connectivity index (χ4n) is 2.03. The van der Waals surface area contributed by atoms with E-state index in [2.05, 4.69) is 47.4 Å². The molecule has 0 aromatic carbocycles. The summed E-state index contributed by atoms with van der Waals surface area (Å²) >= 11 is 0. The molecule has 1 aromatic rings. The molecule has 132 valence electrons. The number of aromatic nitrogens is 1. The minimum absolute atomic E-state index is 0. The van der Waals surface area contributed by atoms with Gasteiger partial charge in [-0.1, -0.05) is 13.8 Å². The maximum atomic E-state index is 4.65. The monoisotopic (exact) mass is 433 g/mol. The summed E-state index contributed by atoms with van der Waals surface area (Å²) in [5.74, 6) is 2.60. The van der Waals surface area contributed by atoms with E-state index in [0.29, 0.717) is 6.54 Å². The summed E-state index contributed by atoms with van der Waals surface area (Å²) in [6.45, 7) is 9.08. The van der Waals surface area contributed by atoms with Crippen LogP contribution >= 0.6 is 24.0 Å². The number of rotatable bonds is 8. The highest BCUT2D eigenvalue weighted by Gasteiger charge is 2.01. The predicted molar refractivity (Wildman–Crippen MR) is 111 cm³/mol. The Bertz CT molecular complexity index is 460. The Balaban J connectivity index is 0.00000484. The summed E-state index contributed by atoms with van der Waals surface area (Å²) < 4.78 is 0. The highest BCUT2D eigenvalue weighted by molar-refractivity contribution is 14.0. The predicted octanol–water partition coefficient (Wildman–Crippen LogP) is 3.26. The molecule has 6 heteroatoms. The fourth-order valence-corrected chi connectivity index (χ4v) is 2.03. The maximum Gasteiger partial charge on any atom is 0.191 e. The summed E-state index contributed by atoms with van der Waals surface area (Å²) in [5, 5.41) is 6.69. The van der Waals surface area contributed by atoms with Crippen LogP contribution in [0.3, 0.4) is 0 Å². The van der Waals surface area contributed by atoms with E-state index >= 15 is 0 Å². The summed E-state index contributed by atoms with van der Waals surface area (Å²) in [7, 11) is 3.99. The van der Waals surface area contributed by atoms with Crippen molar-refractivity contribution in [2.75, 3.05) is 32.1 Å². The number of nitrogens with zero attached hydrogens (tertiary/aromatic N) is 3. The van der Waals surface area contributed by atoms with Gasteiger partial charge in [0.1, 0.15) is 5.82 Å². The lowest BCUT2D eigenvalue weighted by atomic mass is 10.1. The van der Waals surface area contributed by atoms with Crippen LogP contribution in [0.15, 0.2) is 23.3 Å². The molecule has 0 amide bonds. The molecule has 1 aromatic heterocycles. The zero-order valence-electron chi connectivity index (χ0n) is 15.1. The Kier molecular flexibility index (Phi) is 11.8. The molecule has 0 radical (unpaired) electrons. The van der Waals surface area contributed by atoms with Crippen LogP contribution in [0.2, 0.25) is 0 Å². The van der Waals surface area contributed by atoms with Crippen molar-refractivity contribution in [3.8, 4) is 0 Å². The second-order valence-corrected chi connectivity index (χ2v) is 6.07. The second-order valence-electron chi connectivity index (χ2n) is 6.07. The molecule has 5 nitrogen and oxygen atoms in total. The van der Waals surface area contributed by atoms with Crippen LogP contribution < -0.4 is 15.5 Å². The minimum Gasteiger partial charge on any atom is -0.363 e. The maximum absolute atomic E-state index is 4.65. The Labute approximate surface area is 158 Å². The Morgan fingerprint density at radius 2 is 2.04 bits per heavy atom. The standard InChI is InChI=1S/C17H31N5.HI/c1-6-18-17(20-10-7-8-14(2)3)21-13-15-9-11-19-16(12-15)22(4)5;/h9,11-12,14H,6-8,10,13H2,1-5H3,(H2,18,20,21);1H. The number of hydrogen-bond acceptors (Lipinski definition) is 3. The normalized spacial score (nSPS) is 11.1. The molecule has 1 heterocycles. The van der Waals surface area contributed by atoms with Gasteiger partial charge >= 0.3 is 0 Å². The lowest BCUT2D eigenvalue weighted by Crippen LogP contribution is -2.37. The molecule has 0 saturated heterocycles. The number of nitrogens with one attached hydrogen (secondary N) is 2. The number of halogens is 1. The second kappa shape index (κ2) is 12.4. The van der Waals surface area contributed by atoms with Crippen molar-refractivity contribution in [1.29, 1.82) is 0 Å². The molecule has 0 fully saturated rings. The van der Waals surface area contributed by atoms with E-state index in [1.54, 1.807) is 0 Å². The van der Waals surface area contributed by atoms with Crippen molar-refractivity contribution in [3.05, 3.63) is 23.9 Å². The molecule has 1 rings (SSSR count). The first kappa shape index (κ1) is 21.9. The van der Waals surface area contributed by atoms with Crippen LogP contribution in [0.4, 0.5) is 5.82 Å². The molecule has 0 aliphatic heterocycles. The quantitative estimate of drug-likeness (QED) is 0.286. The molecule has 0 atom stereocenters. The minimum atomic E-state index is 0. The van der Waals surface area contributed by atoms with Gasteiger partial charge in [0.05, 0.1) is 6.54 Å². The highest BCUT2D eigenvalue weighted by atomic mass is 127. The fraction of sp³-hybridized carbons (Fsp3) is 0.647. The van der Waals surface area contributed by atoms with Gasteiger partial charge < -0.3 is 15.5 Å². The van der Waals surface area contributed by atoms with E-state index < -0.39 is 0 Å². The van der Waals surface area contributed by atoms with Crippen LogP contribution in [0, 0.1) is 5.92 Å². The van der Waals surface area contributed by atoms with Crippen LogP contribution in [-0.4, -0.2) is 38.1 Å². The number of hydrogen-bond donors (Lipinski definition) is 2. The average molecular weight is 433 g/mol. The van der Waals surface area contributed by atoms with Crippen molar-refractivity contribution in [2.24, 2.45) is 10.9 Å². The molecule has 0 bridgehead atoms. The highest BCUT2D eigenvalue weighted by Crippen LogP contribution is 2.10. The van der Waals surface area contributed by atoms with Crippen molar-refractivity contribution in [1.82, 2.24) is 15.6 Å². The number of pyridine rings is 1. The van der Waals surface area contributed by atoms with E-state index in [4.69, 9.17) is 0 Å². The zero-order valence-corrected chi connectivity index (χ0v) is 17.4. The van der Waals surface area contributed by atoms with E-state index in [-0.39, 0.29) is 24.0 Å². The number of aliphatic imine (C=N–C) groups is 1. The lowest BCUT2D eigenvalue weighted by Gasteiger charge is -2.13. The number of guanidine groups is 1. The van der Waals surface area contributed by atoms with Gasteiger partial charge in [0.15, 0.2) is 5.96 Å². The summed E-state index contributed by atoms with van der Waals surface area (Å²) in [5.41, 5.74) is 1.16. The molecular formula is C17H32IN5. The molecule has 23 heavy (non-hydrogen) atoms. The van der Waals surface area contributed by atoms with Gasteiger partial charge in [-0.15, -0.1) is 24.0 Å². The topological polar surface area (TPSA) is 52.6 Å². The van der Waals surface area contributed by atoms with E-state index in [1.165, 1.54) is 12.8 Å². The van der Waals surface area contributed by atoms with Gasteiger partial charge in [0.25, 0.3) is 0 Å². The summed E-state index contributed by atoms with van der Waals surface area (Å²) in [4.78, 5) is 11.0. The van der Waals surface area contributed by atoms with Crippen LogP contribution in [-0.2, 0) is 6.54 Å². The van der Waals surface area contributed by atoms with Crippen LogP contribution in [0.1, 0.15) is 39.2 Å². The first-order valence-electron chi connectivity index (χ1n) is 8.17.